The van der Waals surface area contributed by atoms with E-state index in [1.165, 1.54) is 6.08 Å². The molecule has 0 atom stereocenters. The minimum atomic E-state index is -1.21. The summed E-state index contributed by atoms with van der Waals surface area (Å²) in [4.78, 5) is 25.3. The van der Waals surface area contributed by atoms with E-state index in [1.807, 2.05) is 24.3 Å². The van der Waals surface area contributed by atoms with Gasteiger partial charge in [-0.05, 0) is 66.4 Å². The van der Waals surface area contributed by atoms with Crippen molar-refractivity contribution in [2.75, 3.05) is 0 Å². The summed E-state index contributed by atoms with van der Waals surface area (Å²) in [6, 6.07) is 21.2. The second-order valence-electron chi connectivity index (χ2n) is 8.21. The van der Waals surface area contributed by atoms with E-state index in [0.29, 0.717) is 39.9 Å². The second kappa shape index (κ2) is 10.3. The van der Waals surface area contributed by atoms with Crippen LogP contribution in [0, 0.1) is 0 Å². The van der Waals surface area contributed by atoms with Crippen molar-refractivity contribution in [3.05, 3.63) is 99.7 Å². The van der Waals surface area contributed by atoms with Gasteiger partial charge in [-0.15, -0.1) is 0 Å². The number of ether oxygens (including phenoxy) is 1. The molecule has 0 unspecified atom stereocenters. The third-order valence-corrected chi connectivity index (χ3v) is 6.59. The van der Waals surface area contributed by atoms with E-state index in [4.69, 9.17) is 27.9 Å². The molecule has 1 fully saturated rings. The molecule has 0 aliphatic heterocycles. The maximum atomic E-state index is 13.4. The molecule has 3 aromatic rings. The highest BCUT2D eigenvalue weighted by molar-refractivity contribution is 6.32. The third kappa shape index (κ3) is 5.27. The molecular weight excluding hydrogens is 473 g/mol. The molecule has 0 saturated heterocycles. The number of aliphatic carboxylic acids is 1. The van der Waals surface area contributed by atoms with E-state index in [2.05, 4.69) is 5.32 Å². The van der Waals surface area contributed by atoms with Crippen molar-refractivity contribution in [3.63, 3.8) is 0 Å². The zero-order valence-electron chi connectivity index (χ0n) is 18.3. The van der Waals surface area contributed by atoms with Crippen LogP contribution in [0.25, 0.3) is 6.08 Å². The number of benzene rings is 3. The summed E-state index contributed by atoms with van der Waals surface area (Å²) in [5, 5.41) is 13.5. The lowest BCUT2D eigenvalue weighted by molar-refractivity contribution is -0.135. The van der Waals surface area contributed by atoms with Crippen molar-refractivity contribution in [2.24, 2.45) is 0 Å². The van der Waals surface area contributed by atoms with Gasteiger partial charge in [0, 0.05) is 5.02 Å². The van der Waals surface area contributed by atoms with Crippen molar-refractivity contribution >= 4 is 41.2 Å². The highest BCUT2D eigenvalue weighted by Gasteiger charge is 2.43. The fourth-order valence-corrected chi connectivity index (χ4v) is 4.54. The van der Waals surface area contributed by atoms with Crippen molar-refractivity contribution in [3.8, 4) is 11.5 Å². The lowest BCUT2D eigenvalue weighted by atomic mass is 9.78. The lowest BCUT2D eigenvalue weighted by Crippen LogP contribution is -2.43. The quantitative estimate of drug-likeness (QED) is 0.351. The molecule has 3 aromatic carbocycles. The number of carboxylic acid groups (broad SMARTS) is 1. The van der Waals surface area contributed by atoms with Crippen LogP contribution in [0.4, 0.5) is 0 Å². The number of carbonyl (C=O) groups excluding carboxylic acids is 1. The largest absolute Gasteiger partial charge is 0.477 e. The van der Waals surface area contributed by atoms with Crippen molar-refractivity contribution in [2.45, 2.75) is 31.1 Å². The first-order valence-corrected chi connectivity index (χ1v) is 11.7. The average molecular weight is 496 g/mol. The van der Waals surface area contributed by atoms with Crippen LogP contribution in [0.5, 0.6) is 11.5 Å². The van der Waals surface area contributed by atoms with Crippen LogP contribution >= 0.6 is 23.2 Å². The van der Waals surface area contributed by atoms with Crippen molar-refractivity contribution in [1.82, 2.24) is 5.32 Å². The highest BCUT2D eigenvalue weighted by atomic mass is 35.5. The van der Waals surface area contributed by atoms with Crippen LogP contribution in [0.15, 0.2) is 78.5 Å². The van der Waals surface area contributed by atoms with Crippen LogP contribution in [0.3, 0.4) is 0 Å². The molecule has 0 aromatic heterocycles. The van der Waals surface area contributed by atoms with Crippen LogP contribution < -0.4 is 10.1 Å². The lowest BCUT2D eigenvalue weighted by Gasteiger charge is -2.28. The number of hydrogen-bond donors (Lipinski definition) is 2. The molecular formula is C27H23Cl2NO4. The van der Waals surface area contributed by atoms with Gasteiger partial charge in [0.25, 0.3) is 0 Å². The first-order chi connectivity index (χ1) is 16.4. The molecule has 4 rings (SSSR count). The zero-order valence-corrected chi connectivity index (χ0v) is 19.8. The number of carbonyl (C=O) groups is 2. The standard InChI is InChI=1S/C27H23Cl2NO4/c28-20-11-9-19(10-12-20)27(15-3-4-16-27)26(33)30-23(25(31)32)17-18-7-13-21(14-8-18)34-24-6-2-1-5-22(24)29/h1-2,5-14,17H,3-4,15-16H2,(H,30,33)(H,31,32)/b23-17+. The number of amides is 1. The molecule has 1 aliphatic carbocycles. The van der Waals surface area contributed by atoms with Crippen LogP contribution in [-0.4, -0.2) is 17.0 Å². The normalized spacial score (nSPS) is 15.1. The van der Waals surface area contributed by atoms with Gasteiger partial charge in [-0.3, -0.25) is 4.79 Å². The molecule has 1 amide bonds. The Bertz CT molecular complexity index is 1210. The van der Waals surface area contributed by atoms with Crippen LogP contribution in [0.2, 0.25) is 10.0 Å². The molecule has 0 heterocycles. The maximum absolute atomic E-state index is 13.4. The van der Waals surface area contributed by atoms with Crippen molar-refractivity contribution in [1.29, 1.82) is 0 Å². The first kappa shape index (κ1) is 23.9. The maximum Gasteiger partial charge on any atom is 0.352 e. The predicted molar refractivity (Wildman–Crippen MR) is 133 cm³/mol. The van der Waals surface area contributed by atoms with Gasteiger partial charge in [-0.1, -0.05) is 72.4 Å². The summed E-state index contributed by atoms with van der Waals surface area (Å²) in [6.45, 7) is 0. The number of nitrogens with one attached hydrogen (secondary N) is 1. The molecule has 1 saturated carbocycles. The van der Waals surface area contributed by atoms with Crippen molar-refractivity contribution < 1.29 is 19.4 Å². The minimum Gasteiger partial charge on any atom is -0.477 e. The number of para-hydroxylation sites is 1. The van der Waals surface area contributed by atoms with E-state index < -0.39 is 11.4 Å². The molecule has 0 spiro atoms. The molecule has 0 radical (unpaired) electrons. The molecule has 2 N–H and O–H groups in total. The number of carboxylic acids is 1. The number of halogens is 2. The molecule has 174 valence electrons. The fraction of sp³-hybridized carbons (Fsp3) is 0.185. The fourth-order valence-electron chi connectivity index (χ4n) is 4.24. The summed E-state index contributed by atoms with van der Waals surface area (Å²) < 4.78 is 5.77. The van der Waals surface area contributed by atoms with E-state index >= 15 is 0 Å². The molecule has 0 bridgehead atoms. The number of rotatable bonds is 7. The molecule has 34 heavy (non-hydrogen) atoms. The van der Waals surface area contributed by atoms with Crippen LogP contribution in [-0.2, 0) is 15.0 Å². The first-order valence-electron chi connectivity index (χ1n) is 10.9. The van der Waals surface area contributed by atoms with Gasteiger partial charge in [0.1, 0.15) is 17.2 Å². The molecule has 5 nitrogen and oxygen atoms in total. The van der Waals surface area contributed by atoms with Gasteiger partial charge >= 0.3 is 5.97 Å². The van der Waals surface area contributed by atoms with Gasteiger partial charge in [0.05, 0.1) is 10.4 Å². The van der Waals surface area contributed by atoms with Gasteiger partial charge in [0.15, 0.2) is 0 Å². The summed E-state index contributed by atoms with van der Waals surface area (Å²) in [7, 11) is 0. The smallest absolute Gasteiger partial charge is 0.352 e. The topological polar surface area (TPSA) is 75.6 Å². The Morgan fingerprint density at radius 1 is 0.912 bits per heavy atom. The monoisotopic (exact) mass is 495 g/mol. The Hall–Kier alpha value is -3.28. The third-order valence-electron chi connectivity index (χ3n) is 6.02. The second-order valence-corrected chi connectivity index (χ2v) is 9.06. The predicted octanol–water partition coefficient (Wildman–Crippen LogP) is 6.84. The Morgan fingerprint density at radius 3 is 2.18 bits per heavy atom. The van der Waals surface area contributed by atoms with E-state index in [1.54, 1.807) is 48.5 Å². The summed E-state index contributed by atoms with van der Waals surface area (Å²) >= 11 is 12.1. The van der Waals surface area contributed by atoms with Gasteiger partial charge < -0.3 is 15.2 Å². The Labute approximate surface area is 208 Å². The average Bonchev–Trinajstić information content (AvgIpc) is 3.33. The molecule has 1 aliphatic rings. The summed E-state index contributed by atoms with van der Waals surface area (Å²) in [5.74, 6) is -0.456. The SMILES string of the molecule is O=C(O)/C(=C\c1ccc(Oc2ccccc2Cl)cc1)NC(=O)C1(c2ccc(Cl)cc2)CCCC1. The van der Waals surface area contributed by atoms with Gasteiger partial charge in [-0.2, -0.15) is 0 Å². The van der Waals surface area contributed by atoms with E-state index in [0.717, 1.165) is 18.4 Å². The Morgan fingerprint density at radius 2 is 1.56 bits per heavy atom. The zero-order chi connectivity index (χ0) is 24.1. The van der Waals surface area contributed by atoms with E-state index in [-0.39, 0.29) is 11.6 Å². The highest BCUT2D eigenvalue weighted by Crippen LogP contribution is 2.42. The Balaban J connectivity index is 1.54. The van der Waals surface area contributed by atoms with Gasteiger partial charge in [0.2, 0.25) is 5.91 Å². The summed E-state index contributed by atoms with van der Waals surface area (Å²) in [5.41, 5.74) is 0.491. The van der Waals surface area contributed by atoms with E-state index in [9.17, 15) is 14.7 Å². The molecule has 7 heteroatoms. The summed E-state index contributed by atoms with van der Waals surface area (Å²) in [6.07, 6.45) is 4.54. The number of hydrogen-bond acceptors (Lipinski definition) is 3. The minimum absolute atomic E-state index is 0.190. The Kier molecular flexibility index (Phi) is 7.25. The van der Waals surface area contributed by atoms with Crippen LogP contribution in [0.1, 0.15) is 36.8 Å². The van der Waals surface area contributed by atoms with Gasteiger partial charge in [-0.25, -0.2) is 4.79 Å².